The van der Waals surface area contributed by atoms with E-state index in [2.05, 4.69) is 10.6 Å². The van der Waals surface area contributed by atoms with Crippen LogP contribution in [0.1, 0.15) is 23.2 Å². The lowest BCUT2D eigenvalue weighted by Crippen LogP contribution is -2.45. The normalized spacial score (nSPS) is 15.4. The number of nitrogens with zero attached hydrogens (tertiary/aromatic N) is 1. The number of hydrogen-bond donors (Lipinski definition) is 2. The van der Waals surface area contributed by atoms with Crippen LogP contribution in [0.5, 0.6) is 11.5 Å². The molecule has 10 heteroatoms. The summed E-state index contributed by atoms with van der Waals surface area (Å²) in [7, 11) is 0. The van der Waals surface area contributed by atoms with Crippen molar-refractivity contribution in [1.29, 1.82) is 0 Å². The first kappa shape index (κ1) is 22.2. The van der Waals surface area contributed by atoms with Crippen molar-refractivity contribution in [2.24, 2.45) is 5.92 Å². The molecule has 168 valence electrons. The molecule has 0 spiro atoms. The number of piperidine rings is 1. The molecule has 0 radical (unpaired) electrons. The van der Waals surface area contributed by atoms with Gasteiger partial charge in [0.1, 0.15) is 0 Å². The van der Waals surface area contributed by atoms with Crippen LogP contribution >= 0.6 is 23.2 Å². The molecule has 2 aromatic carbocycles. The van der Waals surface area contributed by atoms with Crippen LogP contribution in [0.3, 0.4) is 0 Å². The molecule has 32 heavy (non-hydrogen) atoms. The molecule has 3 amide bonds. The lowest BCUT2D eigenvalue weighted by Gasteiger charge is -2.31. The molecule has 0 bridgehead atoms. The maximum absolute atomic E-state index is 12.6. The zero-order chi connectivity index (χ0) is 22.7. The number of carbonyl (C=O) groups excluding carboxylic acids is 3. The van der Waals surface area contributed by atoms with Gasteiger partial charge < -0.3 is 25.0 Å². The number of likely N-dealkylation sites (tertiary alicyclic amines) is 1. The minimum absolute atomic E-state index is 0.0957. The summed E-state index contributed by atoms with van der Waals surface area (Å²) in [6, 6.07) is 9.79. The molecule has 8 nitrogen and oxygen atoms in total. The Kier molecular flexibility index (Phi) is 6.72. The van der Waals surface area contributed by atoms with E-state index in [1.807, 2.05) is 0 Å². The average Bonchev–Trinajstić information content (AvgIpc) is 3.25. The van der Waals surface area contributed by atoms with E-state index in [4.69, 9.17) is 32.7 Å². The topological polar surface area (TPSA) is 97.0 Å². The maximum Gasteiger partial charge on any atom is 0.253 e. The van der Waals surface area contributed by atoms with Crippen molar-refractivity contribution in [3.8, 4) is 11.5 Å². The van der Waals surface area contributed by atoms with E-state index in [1.165, 1.54) is 12.1 Å². The summed E-state index contributed by atoms with van der Waals surface area (Å²) in [6.07, 6.45) is 1.08. The number of ether oxygens (including phenoxy) is 2. The third kappa shape index (κ3) is 5.08. The summed E-state index contributed by atoms with van der Waals surface area (Å²) < 4.78 is 10.6. The third-order valence-corrected chi connectivity index (χ3v) is 5.98. The van der Waals surface area contributed by atoms with Gasteiger partial charge in [0.05, 0.1) is 17.1 Å². The molecule has 1 saturated heterocycles. The summed E-state index contributed by atoms with van der Waals surface area (Å²) in [5.41, 5.74) is 0.893. The van der Waals surface area contributed by atoms with Gasteiger partial charge in [-0.05, 0) is 43.2 Å². The second-order valence-electron chi connectivity index (χ2n) is 7.52. The monoisotopic (exact) mass is 477 g/mol. The fraction of sp³-hybridized carbons (Fsp3) is 0.318. The zero-order valence-corrected chi connectivity index (χ0v) is 18.5. The molecule has 2 aliphatic rings. The number of rotatable bonds is 5. The van der Waals surface area contributed by atoms with Crippen LogP contribution in [0.4, 0.5) is 5.69 Å². The number of hydrogen-bond acceptors (Lipinski definition) is 5. The summed E-state index contributed by atoms with van der Waals surface area (Å²) in [6.45, 7) is 0.906. The first-order chi connectivity index (χ1) is 15.4. The number of halogens is 2. The van der Waals surface area contributed by atoms with E-state index >= 15 is 0 Å². The Morgan fingerprint density at radius 2 is 1.75 bits per heavy atom. The molecule has 2 aromatic rings. The Hall–Kier alpha value is -2.97. The summed E-state index contributed by atoms with van der Waals surface area (Å²) in [5, 5.41) is 6.12. The van der Waals surface area contributed by atoms with Crippen molar-refractivity contribution in [3.63, 3.8) is 0 Å². The maximum atomic E-state index is 12.6. The second kappa shape index (κ2) is 9.67. The van der Waals surface area contributed by atoms with E-state index in [1.54, 1.807) is 29.2 Å². The SMILES string of the molecule is O=C(NCC(=O)N1CCC(C(=O)Nc2ccc3c(c2)OCO3)CC1)c1ccc(Cl)cc1Cl. The van der Waals surface area contributed by atoms with Crippen LogP contribution < -0.4 is 20.1 Å². The molecule has 2 N–H and O–H groups in total. The molecular formula is C22H21Cl2N3O5. The largest absolute Gasteiger partial charge is 0.454 e. The van der Waals surface area contributed by atoms with Gasteiger partial charge in [0, 0.05) is 35.8 Å². The van der Waals surface area contributed by atoms with Gasteiger partial charge >= 0.3 is 0 Å². The van der Waals surface area contributed by atoms with Crippen molar-refractivity contribution in [3.05, 3.63) is 52.0 Å². The molecule has 2 aliphatic heterocycles. The summed E-state index contributed by atoms with van der Waals surface area (Å²) >= 11 is 11.9. The Bertz CT molecular complexity index is 1050. The molecule has 0 atom stereocenters. The van der Waals surface area contributed by atoms with Gasteiger partial charge in [-0.1, -0.05) is 23.2 Å². The Morgan fingerprint density at radius 3 is 2.50 bits per heavy atom. The van der Waals surface area contributed by atoms with Crippen LogP contribution in [0.15, 0.2) is 36.4 Å². The molecular weight excluding hydrogens is 457 g/mol. The molecule has 2 heterocycles. The minimum Gasteiger partial charge on any atom is -0.454 e. The average molecular weight is 478 g/mol. The van der Waals surface area contributed by atoms with Crippen molar-refractivity contribution < 1.29 is 23.9 Å². The Morgan fingerprint density at radius 1 is 1.00 bits per heavy atom. The Labute approximate surface area is 194 Å². The molecule has 0 aromatic heterocycles. The van der Waals surface area contributed by atoms with Gasteiger partial charge in [-0.25, -0.2) is 0 Å². The fourth-order valence-electron chi connectivity index (χ4n) is 3.65. The van der Waals surface area contributed by atoms with Crippen LogP contribution in [0.2, 0.25) is 10.0 Å². The quantitative estimate of drug-likeness (QED) is 0.688. The van der Waals surface area contributed by atoms with Gasteiger partial charge in [0.15, 0.2) is 11.5 Å². The van der Waals surface area contributed by atoms with Gasteiger partial charge in [0.25, 0.3) is 5.91 Å². The minimum atomic E-state index is -0.446. The van der Waals surface area contributed by atoms with Crippen LogP contribution in [0, 0.1) is 5.92 Å². The molecule has 4 rings (SSSR count). The third-order valence-electron chi connectivity index (χ3n) is 5.43. The Balaban J connectivity index is 1.23. The number of amides is 3. The second-order valence-corrected chi connectivity index (χ2v) is 8.36. The van der Waals surface area contributed by atoms with E-state index in [0.717, 1.165) is 0 Å². The van der Waals surface area contributed by atoms with Crippen molar-refractivity contribution in [2.75, 3.05) is 31.7 Å². The number of fused-ring (bicyclic) bond motifs is 1. The van der Waals surface area contributed by atoms with E-state index < -0.39 is 5.91 Å². The standard InChI is InChI=1S/C22H21Cl2N3O5/c23-14-1-3-16(17(24)9-14)22(30)25-11-20(28)27-7-5-13(6-8-27)21(29)26-15-2-4-18-19(10-15)32-12-31-18/h1-4,9-10,13H,5-8,11-12H2,(H,25,30)(H,26,29). The fourth-order valence-corrected chi connectivity index (χ4v) is 4.14. The van der Waals surface area contributed by atoms with Crippen molar-refractivity contribution in [1.82, 2.24) is 10.2 Å². The van der Waals surface area contributed by atoms with Gasteiger partial charge in [-0.3, -0.25) is 14.4 Å². The predicted molar refractivity (Wildman–Crippen MR) is 119 cm³/mol. The number of nitrogens with one attached hydrogen (secondary N) is 2. The van der Waals surface area contributed by atoms with Crippen molar-refractivity contribution in [2.45, 2.75) is 12.8 Å². The number of benzene rings is 2. The van der Waals surface area contributed by atoms with Crippen LogP contribution in [0.25, 0.3) is 0 Å². The highest BCUT2D eigenvalue weighted by Crippen LogP contribution is 2.34. The lowest BCUT2D eigenvalue weighted by molar-refractivity contribution is -0.133. The highest BCUT2D eigenvalue weighted by Gasteiger charge is 2.28. The smallest absolute Gasteiger partial charge is 0.253 e. The van der Waals surface area contributed by atoms with Crippen LogP contribution in [-0.2, 0) is 9.59 Å². The van der Waals surface area contributed by atoms with Gasteiger partial charge in [0.2, 0.25) is 18.6 Å². The molecule has 0 aliphatic carbocycles. The first-order valence-electron chi connectivity index (χ1n) is 10.1. The van der Waals surface area contributed by atoms with Gasteiger partial charge in [-0.15, -0.1) is 0 Å². The summed E-state index contributed by atoms with van der Waals surface area (Å²) in [5.74, 6) is 0.301. The first-order valence-corrected chi connectivity index (χ1v) is 10.9. The van der Waals surface area contributed by atoms with E-state index in [-0.39, 0.29) is 41.7 Å². The lowest BCUT2D eigenvalue weighted by atomic mass is 9.95. The zero-order valence-electron chi connectivity index (χ0n) is 17.0. The highest BCUT2D eigenvalue weighted by molar-refractivity contribution is 6.36. The number of carbonyl (C=O) groups is 3. The predicted octanol–water partition coefficient (Wildman–Crippen LogP) is 3.33. The summed E-state index contributed by atoms with van der Waals surface area (Å²) in [4.78, 5) is 39.0. The highest BCUT2D eigenvalue weighted by atomic mass is 35.5. The molecule has 0 unspecified atom stereocenters. The van der Waals surface area contributed by atoms with E-state index in [0.29, 0.717) is 48.1 Å². The van der Waals surface area contributed by atoms with Crippen LogP contribution in [-0.4, -0.2) is 49.0 Å². The van der Waals surface area contributed by atoms with E-state index in [9.17, 15) is 14.4 Å². The van der Waals surface area contributed by atoms with Crippen molar-refractivity contribution >= 4 is 46.6 Å². The molecule has 1 fully saturated rings. The van der Waals surface area contributed by atoms with Gasteiger partial charge in [-0.2, -0.15) is 0 Å². The molecule has 0 saturated carbocycles. The number of anilines is 1.